The lowest BCUT2D eigenvalue weighted by Crippen LogP contribution is -2.00. The van der Waals surface area contributed by atoms with Gasteiger partial charge in [0.2, 0.25) is 0 Å². The molecule has 0 saturated carbocycles. The lowest BCUT2D eigenvalue weighted by atomic mass is 10.0. The lowest BCUT2D eigenvalue weighted by Gasteiger charge is -2.10. The second kappa shape index (κ2) is 9.11. The molecule has 6 nitrogen and oxygen atoms in total. The minimum absolute atomic E-state index is 0.564. The molecule has 210 valence electrons. The molecule has 0 atom stereocenters. The van der Waals surface area contributed by atoms with Crippen LogP contribution in [-0.4, -0.2) is 15.0 Å². The number of hydrogen-bond donors (Lipinski definition) is 0. The molecular weight excluding hydrogens is 558 g/mol. The van der Waals surface area contributed by atoms with Crippen molar-refractivity contribution in [2.24, 2.45) is 0 Å². The summed E-state index contributed by atoms with van der Waals surface area (Å²) >= 11 is 0. The van der Waals surface area contributed by atoms with Gasteiger partial charge < -0.3 is 13.3 Å². The zero-order valence-corrected chi connectivity index (χ0v) is 23.7. The summed E-state index contributed by atoms with van der Waals surface area (Å²) in [4.78, 5) is 15.4. The zero-order valence-electron chi connectivity index (χ0n) is 23.7. The van der Waals surface area contributed by atoms with Gasteiger partial charge in [0.05, 0.1) is 0 Å². The Hall–Kier alpha value is -6.27. The number of aromatic nitrogens is 3. The van der Waals surface area contributed by atoms with E-state index in [1.807, 2.05) is 103 Å². The molecule has 0 bridgehead atoms. The third-order valence-electron chi connectivity index (χ3n) is 8.56. The van der Waals surface area contributed by atoms with Crippen LogP contribution in [0.1, 0.15) is 0 Å². The molecule has 10 aromatic rings. The molecule has 10 rings (SSSR count). The van der Waals surface area contributed by atoms with Gasteiger partial charge in [0, 0.05) is 49.0 Å². The minimum atomic E-state index is 0.564. The Kier molecular flexibility index (Phi) is 4.90. The van der Waals surface area contributed by atoms with E-state index >= 15 is 0 Å². The van der Waals surface area contributed by atoms with Gasteiger partial charge in [0.1, 0.15) is 33.5 Å². The normalized spacial score (nSPS) is 12.0. The highest BCUT2D eigenvalue weighted by Gasteiger charge is 2.20. The Morgan fingerprint density at radius 3 is 1.38 bits per heavy atom. The summed E-state index contributed by atoms with van der Waals surface area (Å²) < 4.78 is 18.6. The molecule has 0 aliphatic heterocycles. The van der Waals surface area contributed by atoms with Crippen molar-refractivity contribution in [3.05, 3.63) is 127 Å². The number of nitrogens with zero attached hydrogens (tertiary/aromatic N) is 3. The molecule has 4 aromatic heterocycles. The van der Waals surface area contributed by atoms with Gasteiger partial charge in [-0.15, -0.1) is 0 Å². The third kappa shape index (κ3) is 3.60. The fraction of sp³-hybridized carbons (Fsp3) is 0. The van der Waals surface area contributed by atoms with Crippen LogP contribution in [0.5, 0.6) is 0 Å². The van der Waals surface area contributed by atoms with Gasteiger partial charge in [0.25, 0.3) is 0 Å². The van der Waals surface area contributed by atoms with Crippen LogP contribution < -0.4 is 0 Å². The van der Waals surface area contributed by atoms with Crippen LogP contribution in [0.25, 0.3) is 100.0 Å². The van der Waals surface area contributed by atoms with Crippen molar-refractivity contribution in [3.63, 3.8) is 0 Å². The first-order valence-corrected chi connectivity index (χ1v) is 14.8. The van der Waals surface area contributed by atoms with Crippen molar-refractivity contribution < 1.29 is 13.3 Å². The molecule has 0 spiro atoms. The van der Waals surface area contributed by atoms with E-state index in [4.69, 9.17) is 28.2 Å². The fourth-order valence-corrected chi connectivity index (χ4v) is 6.53. The molecule has 0 unspecified atom stereocenters. The lowest BCUT2D eigenvalue weighted by molar-refractivity contribution is 0.668. The second-order valence-corrected chi connectivity index (χ2v) is 11.2. The Morgan fingerprint density at radius 2 is 0.778 bits per heavy atom. The summed E-state index contributed by atoms with van der Waals surface area (Å²) in [5.74, 6) is 1.69. The maximum absolute atomic E-state index is 6.23. The number of furan rings is 3. The fourth-order valence-electron chi connectivity index (χ4n) is 6.53. The highest BCUT2D eigenvalue weighted by atomic mass is 16.3. The SMILES string of the molecule is c1ccc2c(c1)oc1ccc(-c3nc(-c4cccc5oc6ccccc6c45)nc(-c4cccc5oc6ccccc6c45)n3)cc12. The highest BCUT2D eigenvalue weighted by Crippen LogP contribution is 2.39. The van der Waals surface area contributed by atoms with E-state index in [1.165, 1.54) is 0 Å². The summed E-state index contributed by atoms with van der Waals surface area (Å²) in [6, 6.07) is 42.3. The van der Waals surface area contributed by atoms with Gasteiger partial charge in [-0.25, -0.2) is 15.0 Å². The summed E-state index contributed by atoms with van der Waals surface area (Å²) in [5, 5.41) is 6.03. The Morgan fingerprint density at radius 1 is 0.333 bits per heavy atom. The number of rotatable bonds is 3. The summed E-state index contributed by atoms with van der Waals surface area (Å²) in [7, 11) is 0. The first-order chi connectivity index (χ1) is 22.3. The third-order valence-corrected chi connectivity index (χ3v) is 8.56. The van der Waals surface area contributed by atoms with E-state index in [1.54, 1.807) is 0 Å². The molecule has 0 aliphatic carbocycles. The average molecular weight is 580 g/mol. The van der Waals surface area contributed by atoms with Crippen LogP contribution >= 0.6 is 0 Å². The number of benzene rings is 6. The van der Waals surface area contributed by atoms with Crippen LogP contribution in [-0.2, 0) is 0 Å². The molecule has 0 saturated heterocycles. The van der Waals surface area contributed by atoms with E-state index in [0.717, 1.165) is 82.5 Å². The standard InChI is InChI=1S/C39H21N3O3/c1-4-14-29-23(9-1)28-21-22(19-20-32(28)43-29)37-40-38(26-12-7-17-33-35(26)24-10-2-5-15-30(24)44-33)42-39(41-37)27-13-8-18-34-36(27)25-11-3-6-16-31(25)45-34/h1-21H. The largest absolute Gasteiger partial charge is 0.456 e. The van der Waals surface area contributed by atoms with E-state index in [-0.39, 0.29) is 0 Å². The smallest absolute Gasteiger partial charge is 0.164 e. The Bertz CT molecular complexity index is 2650. The molecule has 0 radical (unpaired) electrons. The first-order valence-electron chi connectivity index (χ1n) is 14.8. The predicted molar refractivity (Wildman–Crippen MR) is 178 cm³/mol. The van der Waals surface area contributed by atoms with Crippen LogP contribution in [0.15, 0.2) is 141 Å². The Labute approximate surface area is 255 Å². The zero-order chi connectivity index (χ0) is 29.5. The van der Waals surface area contributed by atoms with Gasteiger partial charge in [-0.2, -0.15) is 0 Å². The van der Waals surface area contributed by atoms with E-state index < -0.39 is 0 Å². The molecule has 0 N–H and O–H groups in total. The predicted octanol–water partition coefficient (Wildman–Crippen LogP) is 10.6. The van der Waals surface area contributed by atoms with Crippen molar-refractivity contribution >= 4 is 65.8 Å². The van der Waals surface area contributed by atoms with Crippen LogP contribution in [0.3, 0.4) is 0 Å². The minimum Gasteiger partial charge on any atom is -0.456 e. The van der Waals surface area contributed by atoms with Crippen LogP contribution in [0.4, 0.5) is 0 Å². The number of hydrogen-bond acceptors (Lipinski definition) is 6. The molecular formula is C39H21N3O3. The molecule has 0 amide bonds. The Balaban J connectivity index is 1.28. The molecule has 0 fully saturated rings. The second-order valence-electron chi connectivity index (χ2n) is 11.2. The molecule has 4 heterocycles. The monoisotopic (exact) mass is 579 g/mol. The van der Waals surface area contributed by atoms with Gasteiger partial charge in [-0.05, 0) is 48.5 Å². The van der Waals surface area contributed by atoms with Gasteiger partial charge >= 0.3 is 0 Å². The van der Waals surface area contributed by atoms with Gasteiger partial charge in [0.15, 0.2) is 17.5 Å². The molecule has 6 aromatic carbocycles. The number of para-hydroxylation sites is 3. The highest BCUT2D eigenvalue weighted by molar-refractivity contribution is 6.13. The van der Waals surface area contributed by atoms with Crippen molar-refractivity contribution in [2.45, 2.75) is 0 Å². The maximum atomic E-state index is 6.23. The van der Waals surface area contributed by atoms with Crippen molar-refractivity contribution in [1.82, 2.24) is 15.0 Å². The van der Waals surface area contributed by atoms with E-state index in [2.05, 4.69) is 24.3 Å². The maximum Gasteiger partial charge on any atom is 0.164 e. The van der Waals surface area contributed by atoms with E-state index in [9.17, 15) is 0 Å². The topological polar surface area (TPSA) is 78.1 Å². The van der Waals surface area contributed by atoms with Crippen molar-refractivity contribution in [1.29, 1.82) is 0 Å². The summed E-state index contributed by atoms with van der Waals surface area (Å²) in [6.45, 7) is 0. The van der Waals surface area contributed by atoms with Gasteiger partial charge in [-0.1, -0.05) is 78.9 Å². The molecule has 0 aliphatic rings. The first kappa shape index (κ1) is 24.2. The molecule has 6 heteroatoms. The van der Waals surface area contributed by atoms with Crippen molar-refractivity contribution in [2.75, 3.05) is 0 Å². The van der Waals surface area contributed by atoms with Crippen LogP contribution in [0.2, 0.25) is 0 Å². The van der Waals surface area contributed by atoms with Gasteiger partial charge in [-0.3, -0.25) is 0 Å². The van der Waals surface area contributed by atoms with Crippen LogP contribution in [0, 0.1) is 0 Å². The van der Waals surface area contributed by atoms with E-state index in [0.29, 0.717) is 17.5 Å². The number of fused-ring (bicyclic) bond motifs is 9. The van der Waals surface area contributed by atoms with Crippen molar-refractivity contribution in [3.8, 4) is 34.2 Å². The summed E-state index contributed by atoms with van der Waals surface area (Å²) in [5.41, 5.74) is 7.49. The summed E-state index contributed by atoms with van der Waals surface area (Å²) in [6.07, 6.45) is 0. The molecule has 45 heavy (non-hydrogen) atoms. The average Bonchev–Trinajstić information content (AvgIpc) is 3.78. The quantitative estimate of drug-likeness (QED) is 0.207.